The van der Waals surface area contributed by atoms with E-state index >= 15 is 0 Å². The Labute approximate surface area is 166 Å². The molecule has 3 aromatic heterocycles. The van der Waals surface area contributed by atoms with Gasteiger partial charge in [-0.05, 0) is 31.9 Å². The molecule has 4 heterocycles. The largest absolute Gasteiger partial charge is 0.377 e. The summed E-state index contributed by atoms with van der Waals surface area (Å²) in [4.78, 5) is 9.25. The Morgan fingerprint density at radius 2 is 2.14 bits per heavy atom. The lowest BCUT2D eigenvalue weighted by atomic mass is 10.1. The topological polar surface area (TPSA) is 96.7 Å². The number of ether oxygens (including phenoxy) is 1. The molecule has 1 fully saturated rings. The summed E-state index contributed by atoms with van der Waals surface area (Å²) in [5.41, 5.74) is 4.81. The fourth-order valence-electron chi connectivity index (χ4n) is 3.87. The predicted molar refractivity (Wildman–Crippen MR) is 102 cm³/mol. The van der Waals surface area contributed by atoms with E-state index in [1.165, 1.54) is 0 Å². The van der Waals surface area contributed by atoms with Gasteiger partial charge in [-0.1, -0.05) is 16.8 Å². The van der Waals surface area contributed by atoms with Crippen LogP contribution in [0.2, 0.25) is 0 Å². The summed E-state index contributed by atoms with van der Waals surface area (Å²) in [6, 6.07) is 6.30. The Kier molecular flexibility index (Phi) is 3.48. The lowest BCUT2D eigenvalue weighted by Crippen LogP contribution is -2.09. The lowest BCUT2D eigenvalue weighted by Gasteiger charge is -2.09. The van der Waals surface area contributed by atoms with Crippen molar-refractivity contribution in [1.82, 2.24) is 34.5 Å². The number of methoxy groups -OCH3 is 1. The van der Waals surface area contributed by atoms with Crippen LogP contribution in [0.3, 0.4) is 0 Å². The zero-order chi connectivity index (χ0) is 19.5. The van der Waals surface area contributed by atoms with Gasteiger partial charge in [0.2, 0.25) is 0 Å². The Bertz CT molecular complexity index is 1230. The Morgan fingerprint density at radius 3 is 2.97 bits per heavy atom. The molecule has 6 rings (SSSR count). The van der Waals surface area contributed by atoms with Crippen LogP contribution in [-0.4, -0.2) is 41.6 Å². The fourth-order valence-corrected chi connectivity index (χ4v) is 3.87. The van der Waals surface area contributed by atoms with Gasteiger partial charge in [0.05, 0.1) is 17.9 Å². The SMILES string of the molecule is COCc1nnc2n1Cc1c(-c3nc(C4CC4)no3)ncn1-c1ccc(C)cc1-2. The van der Waals surface area contributed by atoms with Crippen molar-refractivity contribution < 1.29 is 9.26 Å². The van der Waals surface area contributed by atoms with Crippen LogP contribution in [0.4, 0.5) is 0 Å². The van der Waals surface area contributed by atoms with Crippen molar-refractivity contribution in [2.75, 3.05) is 7.11 Å². The van der Waals surface area contributed by atoms with Crippen LogP contribution in [0, 0.1) is 6.92 Å². The third-order valence-corrected chi connectivity index (χ3v) is 5.51. The van der Waals surface area contributed by atoms with Crippen LogP contribution >= 0.6 is 0 Å². The smallest absolute Gasteiger partial charge is 0.278 e. The van der Waals surface area contributed by atoms with E-state index in [4.69, 9.17) is 9.26 Å². The minimum Gasteiger partial charge on any atom is -0.377 e. The minimum absolute atomic E-state index is 0.379. The highest BCUT2D eigenvalue weighted by molar-refractivity contribution is 5.71. The van der Waals surface area contributed by atoms with Gasteiger partial charge in [-0.2, -0.15) is 4.98 Å². The zero-order valence-corrected chi connectivity index (χ0v) is 16.2. The molecule has 0 bridgehead atoms. The molecular formula is C20H19N7O2. The summed E-state index contributed by atoms with van der Waals surface area (Å²) in [5.74, 6) is 3.24. The molecule has 1 saturated carbocycles. The monoisotopic (exact) mass is 389 g/mol. The van der Waals surface area contributed by atoms with Crippen LogP contribution in [-0.2, 0) is 17.9 Å². The molecule has 146 valence electrons. The van der Waals surface area contributed by atoms with E-state index in [2.05, 4.69) is 59.6 Å². The number of aryl methyl sites for hydroxylation is 1. The summed E-state index contributed by atoms with van der Waals surface area (Å²) in [6.07, 6.45) is 4.06. The first-order valence-corrected chi connectivity index (χ1v) is 9.65. The Balaban J connectivity index is 1.56. The van der Waals surface area contributed by atoms with Crippen molar-refractivity contribution in [3.8, 4) is 28.7 Å². The van der Waals surface area contributed by atoms with Crippen molar-refractivity contribution in [2.45, 2.75) is 38.8 Å². The highest BCUT2D eigenvalue weighted by atomic mass is 16.5. The first-order chi connectivity index (χ1) is 14.2. The second kappa shape index (κ2) is 6.08. The summed E-state index contributed by atoms with van der Waals surface area (Å²) < 4.78 is 15.1. The molecular weight excluding hydrogens is 370 g/mol. The molecule has 0 spiro atoms. The molecule has 29 heavy (non-hydrogen) atoms. The number of nitrogens with zero attached hydrogens (tertiary/aromatic N) is 7. The molecule has 4 aromatic rings. The average molecular weight is 389 g/mol. The molecule has 0 amide bonds. The van der Waals surface area contributed by atoms with Crippen molar-refractivity contribution in [1.29, 1.82) is 0 Å². The van der Waals surface area contributed by atoms with Gasteiger partial charge >= 0.3 is 0 Å². The first-order valence-electron chi connectivity index (χ1n) is 9.65. The van der Waals surface area contributed by atoms with E-state index in [9.17, 15) is 0 Å². The van der Waals surface area contributed by atoms with Crippen molar-refractivity contribution in [3.05, 3.63) is 47.4 Å². The van der Waals surface area contributed by atoms with E-state index in [0.717, 1.165) is 52.8 Å². The Morgan fingerprint density at radius 1 is 1.24 bits per heavy atom. The molecule has 9 heteroatoms. The number of imidazole rings is 1. The normalized spacial score (nSPS) is 15.0. The highest BCUT2D eigenvalue weighted by Crippen LogP contribution is 2.40. The molecule has 1 aromatic carbocycles. The number of aromatic nitrogens is 7. The fraction of sp³-hybridized carbons (Fsp3) is 0.350. The maximum atomic E-state index is 5.57. The summed E-state index contributed by atoms with van der Waals surface area (Å²) in [6.45, 7) is 2.98. The van der Waals surface area contributed by atoms with Gasteiger partial charge in [0, 0.05) is 18.6 Å². The van der Waals surface area contributed by atoms with Gasteiger partial charge in [-0.25, -0.2) is 4.98 Å². The van der Waals surface area contributed by atoms with Crippen molar-refractivity contribution in [3.63, 3.8) is 0 Å². The van der Waals surface area contributed by atoms with Gasteiger partial charge in [0.1, 0.15) is 12.9 Å². The average Bonchev–Trinajstić information content (AvgIpc) is 3.16. The highest BCUT2D eigenvalue weighted by Gasteiger charge is 2.31. The van der Waals surface area contributed by atoms with Crippen molar-refractivity contribution in [2.24, 2.45) is 0 Å². The van der Waals surface area contributed by atoms with Crippen LogP contribution in [0.5, 0.6) is 0 Å². The summed E-state index contributed by atoms with van der Waals surface area (Å²) >= 11 is 0. The lowest BCUT2D eigenvalue weighted by molar-refractivity contribution is 0.174. The molecule has 0 saturated heterocycles. The van der Waals surface area contributed by atoms with E-state index in [1.807, 2.05) is 6.33 Å². The maximum absolute atomic E-state index is 5.57. The number of hydrogen-bond donors (Lipinski definition) is 0. The number of fused-ring (bicyclic) bond motifs is 5. The van der Waals surface area contributed by atoms with Gasteiger partial charge in [0.15, 0.2) is 23.2 Å². The minimum atomic E-state index is 0.379. The summed E-state index contributed by atoms with van der Waals surface area (Å²) in [7, 11) is 1.66. The quantitative estimate of drug-likeness (QED) is 0.466. The molecule has 0 N–H and O–H groups in total. The summed E-state index contributed by atoms with van der Waals surface area (Å²) in [5, 5.41) is 13.0. The van der Waals surface area contributed by atoms with Crippen LogP contribution in [0.1, 0.15) is 41.7 Å². The molecule has 0 atom stereocenters. The van der Waals surface area contributed by atoms with E-state index in [0.29, 0.717) is 30.7 Å². The molecule has 1 aliphatic heterocycles. The third-order valence-electron chi connectivity index (χ3n) is 5.51. The van der Waals surface area contributed by atoms with Crippen molar-refractivity contribution >= 4 is 0 Å². The van der Waals surface area contributed by atoms with E-state index < -0.39 is 0 Å². The van der Waals surface area contributed by atoms with Gasteiger partial charge < -0.3 is 13.8 Å². The second-order valence-electron chi connectivity index (χ2n) is 7.62. The van der Waals surface area contributed by atoms with Gasteiger partial charge in [0.25, 0.3) is 5.89 Å². The molecule has 2 aliphatic rings. The number of benzene rings is 1. The number of hydrogen-bond acceptors (Lipinski definition) is 7. The standard InChI is InChI=1S/C20H19N7O2/c1-11-3-6-14-13(7-11)19-24-23-16(9-28-2)26(19)8-15-17(21-10-27(14)15)20-22-18(25-29-20)12-4-5-12/h3,6-7,10,12H,4-5,8-9H2,1-2H3. The molecule has 0 radical (unpaired) electrons. The van der Waals surface area contributed by atoms with Crippen LogP contribution in [0.15, 0.2) is 29.0 Å². The first kappa shape index (κ1) is 16.6. The number of rotatable bonds is 4. The predicted octanol–water partition coefficient (Wildman–Crippen LogP) is 2.87. The van der Waals surface area contributed by atoms with E-state index in [-0.39, 0.29) is 0 Å². The zero-order valence-electron chi connectivity index (χ0n) is 16.2. The molecule has 0 unspecified atom stereocenters. The maximum Gasteiger partial charge on any atom is 0.278 e. The third kappa shape index (κ3) is 2.54. The second-order valence-corrected chi connectivity index (χ2v) is 7.62. The van der Waals surface area contributed by atoms with Gasteiger partial charge in [-0.3, -0.25) is 4.57 Å². The van der Waals surface area contributed by atoms with Crippen LogP contribution in [0.25, 0.3) is 28.7 Å². The Hall–Kier alpha value is -3.33. The van der Waals surface area contributed by atoms with Gasteiger partial charge in [-0.15, -0.1) is 10.2 Å². The molecule has 9 nitrogen and oxygen atoms in total. The van der Waals surface area contributed by atoms with E-state index in [1.54, 1.807) is 7.11 Å². The van der Waals surface area contributed by atoms with Crippen LogP contribution < -0.4 is 0 Å². The molecule has 1 aliphatic carbocycles.